The van der Waals surface area contributed by atoms with Crippen molar-refractivity contribution in [3.8, 4) is 0 Å². The first-order valence-electron chi connectivity index (χ1n) is 7.09. The average molecular weight is 291 g/mol. The standard InChI is InChI=1S/C15H21N3O3/c1-18-9-5-8-12(10-18)16-15(21)17-13(14(19)20)11-6-3-2-4-7-11/h2-4,6-7,12-13H,5,8-10H2,1H3,(H,19,20)(H2,16,17,21)/t12?,13-/m0/s1. The van der Waals surface area contributed by atoms with Gasteiger partial charge in [0.05, 0.1) is 0 Å². The smallest absolute Gasteiger partial charge is 0.330 e. The summed E-state index contributed by atoms with van der Waals surface area (Å²) in [5.74, 6) is -1.07. The van der Waals surface area contributed by atoms with Crippen molar-refractivity contribution >= 4 is 12.0 Å². The van der Waals surface area contributed by atoms with Crippen LogP contribution >= 0.6 is 0 Å². The molecule has 0 radical (unpaired) electrons. The fourth-order valence-corrected chi connectivity index (χ4v) is 2.58. The maximum Gasteiger partial charge on any atom is 0.330 e. The zero-order valence-electron chi connectivity index (χ0n) is 12.1. The highest BCUT2D eigenvalue weighted by atomic mass is 16.4. The van der Waals surface area contributed by atoms with Crippen molar-refractivity contribution < 1.29 is 14.7 Å². The highest BCUT2D eigenvalue weighted by Crippen LogP contribution is 2.13. The lowest BCUT2D eigenvalue weighted by molar-refractivity contribution is -0.139. The molecule has 0 spiro atoms. The largest absolute Gasteiger partial charge is 0.479 e. The molecule has 3 N–H and O–H groups in total. The third-order valence-corrected chi connectivity index (χ3v) is 3.61. The number of carboxylic acid groups (broad SMARTS) is 1. The SMILES string of the molecule is CN1CCCC(NC(=O)N[C@H](C(=O)O)c2ccccc2)C1. The van der Waals surface area contributed by atoms with E-state index in [4.69, 9.17) is 0 Å². The highest BCUT2D eigenvalue weighted by Gasteiger charge is 2.24. The van der Waals surface area contributed by atoms with Crippen LogP contribution < -0.4 is 10.6 Å². The first-order chi connectivity index (χ1) is 10.1. The zero-order valence-corrected chi connectivity index (χ0v) is 12.1. The summed E-state index contributed by atoms with van der Waals surface area (Å²) in [4.78, 5) is 25.5. The monoisotopic (exact) mass is 291 g/mol. The molecule has 21 heavy (non-hydrogen) atoms. The molecule has 1 fully saturated rings. The van der Waals surface area contributed by atoms with Crippen LogP contribution in [0.2, 0.25) is 0 Å². The number of hydrogen-bond acceptors (Lipinski definition) is 3. The molecular weight excluding hydrogens is 270 g/mol. The Morgan fingerprint density at radius 3 is 2.67 bits per heavy atom. The molecule has 1 aromatic carbocycles. The molecule has 2 atom stereocenters. The first-order valence-corrected chi connectivity index (χ1v) is 7.09. The number of nitrogens with zero attached hydrogens (tertiary/aromatic N) is 1. The lowest BCUT2D eigenvalue weighted by atomic mass is 10.1. The minimum atomic E-state index is -1.07. The van der Waals surface area contributed by atoms with Crippen molar-refractivity contribution in [3.63, 3.8) is 0 Å². The first kappa shape index (κ1) is 15.3. The highest BCUT2D eigenvalue weighted by molar-refractivity contribution is 5.83. The van der Waals surface area contributed by atoms with Crippen molar-refractivity contribution in [2.75, 3.05) is 20.1 Å². The van der Waals surface area contributed by atoms with Crippen LogP contribution in [-0.2, 0) is 4.79 Å². The molecule has 1 aliphatic rings. The summed E-state index contributed by atoms with van der Waals surface area (Å²) in [5.41, 5.74) is 0.556. The summed E-state index contributed by atoms with van der Waals surface area (Å²) in [7, 11) is 2.01. The van der Waals surface area contributed by atoms with E-state index in [0.717, 1.165) is 25.9 Å². The number of benzene rings is 1. The Balaban J connectivity index is 1.94. The van der Waals surface area contributed by atoms with Crippen LogP contribution in [0.5, 0.6) is 0 Å². The maximum absolute atomic E-state index is 12.0. The molecule has 114 valence electrons. The van der Waals surface area contributed by atoms with E-state index in [1.165, 1.54) is 0 Å². The second-order valence-corrected chi connectivity index (χ2v) is 5.40. The molecule has 0 aliphatic carbocycles. The predicted molar refractivity (Wildman–Crippen MR) is 79.0 cm³/mol. The number of rotatable bonds is 4. The zero-order chi connectivity index (χ0) is 15.2. The van der Waals surface area contributed by atoms with Gasteiger partial charge in [-0.25, -0.2) is 9.59 Å². The lowest BCUT2D eigenvalue weighted by Gasteiger charge is -2.30. The molecule has 1 saturated heterocycles. The number of nitrogens with one attached hydrogen (secondary N) is 2. The number of urea groups is 1. The topological polar surface area (TPSA) is 81.7 Å². The number of likely N-dealkylation sites (N-methyl/N-ethyl adjacent to an activating group) is 1. The number of amides is 2. The van der Waals surface area contributed by atoms with Gasteiger partial charge in [-0.15, -0.1) is 0 Å². The Kier molecular flexibility index (Phi) is 5.16. The number of piperidine rings is 1. The molecular formula is C15H21N3O3. The number of carbonyl (C=O) groups is 2. The van der Waals surface area contributed by atoms with Gasteiger partial charge in [-0.05, 0) is 32.0 Å². The van der Waals surface area contributed by atoms with Gasteiger partial charge < -0.3 is 20.6 Å². The number of likely N-dealkylation sites (tertiary alicyclic amines) is 1. The Bertz CT molecular complexity index is 492. The summed E-state index contributed by atoms with van der Waals surface area (Å²) in [6.07, 6.45) is 1.95. The van der Waals surface area contributed by atoms with Crippen LogP contribution in [0, 0.1) is 0 Å². The molecule has 0 saturated carbocycles. The van der Waals surface area contributed by atoms with Crippen molar-refractivity contribution in [1.82, 2.24) is 15.5 Å². The van der Waals surface area contributed by atoms with Crippen LogP contribution in [-0.4, -0.2) is 48.2 Å². The van der Waals surface area contributed by atoms with E-state index in [-0.39, 0.29) is 6.04 Å². The van der Waals surface area contributed by atoms with Gasteiger partial charge >= 0.3 is 12.0 Å². The number of aliphatic carboxylic acids is 1. The Labute approximate surface area is 124 Å². The quantitative estimate of drug-likeness (QED) is 0.778. The Hall–Kier alpha value is -2.08. The summed E-state index contributed by atoms with van der Waals surface area (Å²) in [6.45, 7) is 1.82. The van der Waals surface area contributed by atoms with Crippen LogP contribution in [0.15, 0.2) is 30.3 Å². The van der Waals surface area contributed by atoms with Gasteiger partial charge in [0.1, 0.15) is 0 Å². The summed E-state index contributed by atoms with van der Waals surface area (Å²) < 4.78 is 0. The van der Waals surface area contributed by atoms with Gasteiger partial charge in [-0.3, -0.25) is 0 Å². The summed E-state index contributed by atoms with van der Waals surface area (Å²) >= 11 is 0. The predicted octanol–water partition coefficient (Wildman–Crippen LogP) is 1.21. The Morgan fingerprint density at radius 2 is 2.05 bits per heavy atom. The van der Waals surface area contributed by atoms with Gasteiger partial charge in [-0.1, -0.05) is 30.3 Å². The molecule has 0 bridgehead atoms. The van der Waals surface area contributed by atoms with Crippen molar-refractivity contribution in [2.24, 2.45) is 0 Å². The molecule has 2 rings (SSSR count). The van der Waals surface area contributed by atoms with E-state index in [2.05, 4.69) is 15.5 Å². The van der Waals surface area contributed by atoms with E-state index >= 15 is 0 Å². The molecule has 1 aliphatic heterocycles. The molecule has 0 aromatic heterocycles. The number of carbonyl (C=O) groups excluding carboxylic acids is 1. The summed E-state index contributed by atoms with van der Waals surface area (Å²) in [6, 6.07) is 7.27. The molecule has 6 nitrogen and oxygen atoms in total. The van der Waals surface area contributed by atoms with Crippen molar-refractivity contribution in [2.45, 2.75) is 24.9 Å². The van der Waals surface area contributed by atoms with Crippen LogP contribution in [0.25, 0.3) is 0 Å². The molecule has 1 aromatic rings. The average Bonchev–Trinajstić information content (AvgIpc) is 2.45. The van der Waals surface area contributed by atoms with Gasteiger partial charge in [0.15, 0.2) is 6.04 Å². The summed E-state index contributed by atoms with van der Waals surface area (Å²) in [5, 5.41) is 14.6. The van der Waals surface area contributed by atoms with E-state index in [9.17, 15) is 14.7 Å². The van der Waals surface area contributed by atoms with E-state index in [0.29, 0.717) is 5.56 Å². The van der Waals surface area contributed by atoms with Gasteiger partial charge in [0.2, 0.25) is 0 Å². The third-order valence-electron chi connectivity index (χ3n) is 3.61. The Morgan fingerprint density at radius 1 is 1.33 bits per heavy atom. The van der Waals surface area contributed by atoms with E-state index in [1.807, 2.05) is 7.05 Å². The molecule has 1 heterocycles. The van der Waals surface area contributed by atoms with Crippen LogP contribution in [0.3, 0.4) is 0 Å². The molecule has 2 amide bonds. The van der Waals surface area contributed by atoms with Gasteiger partial charge in [0.25, 0.3) is 0 Å². The normalized spacial score (nSPS) is 20.5. The third kappa shape index (κ3) is 4.46. The van der Waals surface area contributed by atoms with E-state index < -0.39 is 18.0 Å². The van der Waals surface area contributed by atoms with Crippen molar-refractivity contribution in [3.05, 3.63) is 35.9 Å². The minimum absolute atomic E-state index is 0.0639. The molecule has 1 unspecified atom stereocenters. The van der Waals surface area contributed by atoms with Crippen LogP contribution in [0.4, 0.5) is 4.79 Å². The van der Waals surface area contributed by atoms with Crippen molar-refractivity contribution in [1.29, 1.82) is 0 Å². The lowest BCUT2D eigenvalue weighted by Crippen LogP contribution is -2.50. The fraction of sp³-hybridized carbons (Fsp3) is 0.467. The number of carboxylic acids is 1. The van der Waals surface area contributed by atoms with E-state index in [1.54, 1.807) is 30.3 Å². The number of hydrogen-bond donors (Lipinski definition) is 3. The molecule has 6 heteroatoms. The second-order valence-electron chi connectivity index (χ2n) is 5.40. The van der Waals surface area contributed by atoms with Gasteiger partial charge in [-0.2, -0.15) is 0 Å². The maximum atomic E-state index is 12.0. The van der Waals surface area contributed by atoms with Gasteiger partial charge in [0, 0.05) is 12.6 Å². The fourth-order valence-electron chi connectivity index (χ4n) is 2.58. The second kappa shape index (κ2) is 7.08. The van der Waals surface area contributed by atoms with Crippen LogP contribution in [0.1, 0.15) is 24.4 Å². The minimum Gasteiger partial charge on any atom is -0.479 e.